The molecule has 0 saturated carbocycles. The Morgan fingerprint density at radius 2 is 0.660 bits per heavy atom. The van der Waals surface area contributed by atoms with E-state index in [-0.39, 0.29) is 184 Å². The molecule has 0 aliphatic carbocycles. The van der Waals surface area contributed by atoms with Gasteiger partial charge in [0.05, 0.1) is 74.3 Å². The number of guanidine groups is 5. The minimum absolute atomic E-state index is 0.0298. The highest BCUT2D eigenvalue weighted by Gasteiger charge is 2.29. The zero-order chi connectivity index (χ0) is 69.4. The van der Waals surface area contributed by atoms with Gasteiger partial charge < -0.3 is 102 Å². The lowest BCUT2D eigenvalue weighted by Crippen LogP contribution is -2.43. The SMILES string of the molecule is COc1ccc(CC(=O)[C@@H](CCCNC(=N)N)NC(=O)c2cc(CC(=O)[C@@H](CCCNC(=N)N)NC(=O)c3cc(CC(=O)[C@@H](CCCNC(=N)N)NC(=O)c4cc(CC(=O)[C@H](N)CCCNC(=N)N)ccc4OCCNC(=N)N)ccc3OC)ccc2OC)cc1C(N)=O. The average molecular weight is 1310 g/mol. The van der Waals surface area contributed by atoms with E-state index in [2.05, 4.69) is 42.5 Å². The van der Waals surface area contributed by atoms with Crippen molar-refractivity contribution in [1.29, 1.82) is 27.0 Å². The number of ether oxygens (including phenoxy) is 4. The quantitative estimate of drug-likeness (QED) is 0.0142. The van der Waals surface area contributed by atoms with Gasteiger partial charge in [0.25, 0.3) is 23.6 Å². The second-order valence-corrected chi connectivity index (χ2v) is 21.7. The Kier molecular flexibility index (Phi) is 31.0. The lowest BCUT2D eigenvalue weighted by molar-refractivity contribution is -0.121. The van der Waals surface area contributed by atoms with Crippen molar-refractivity contribution in [2.24, 2.45) is 40.1 Å². The van der Waals surface area contributed by atoms with Gasteiger partial charge in [-0.1, -0.05) is 24.3 Å². The fourth-order valence-corrected chi connectivity index (χ4v) is 9.73. The largest absolute Gasteiger partial charge is 0.496 e. The highest BCUT2D eigenvalue weighted by atomic mass is 16.5. The van der Waals surface area contributed by atoms with Gasteiger partial charge in [0.1, 0.15) is 29.6 Å². The number of amides is 4. The Labute approximate surface area is 543 Å². The van der Waals surface area contributed by atoms with Crippen LogP contribution in [0.1, 0.15) is 115 Å². The average Bonchev–Trinajstić information content (AvgIpc) is 0.864. The second-order valence-electron chi connectivity index (χ2n) is 21.7. The normalized spacial score (nSPS) is 12.0. The summed E-state index contributed by atoms with van der Waals surface area (Å²) in [6, 6.07) is 13.5. The molecule has 0 fully saturated rings. The van der Waals surface area contributed by atoms with E-state index in [0.29, 0.717) is 35.2 Å². The van der Waals surface area contributed by atoms with E-state index >= 15 is 0 Å². The summed E-state index contributed by atoms with van der Waals surface area (Å²) in [6.07, 6.45) is 0.600. The summed E-state index contributed by atoms with van der Waals surface area (Å²) in [7, 11) is 4.02. The molecule has 4 rings (SSSR count). The molecule has 0 saturated heterocycles. The third kappa shape index (κ3) is 25.7. The Hall–Kier alpha value is -11.1. The summed E-state index contributed by atoms with van der Waals surface area (Å²) in [5, 5.41) is 59.4. The Morgan fingerprint density at radius 1 is 0.383 bits per heavy atom. The van der Waals surface area contributed by atoms with Crippen molar-refractivity contribution in [3.8, 4) is 23.0 Å². The molecule has 0 aromatic heterocycles. The van der Waals surface area contributed by atoms with Crippen molar-refractivity contribution in [3.05, 3.63) is 117 Å². The molecule has 0 aliphatic rings. The first kappa shape index (κ1) is 75.4. The fourth-order valence-electron chi connectivity index (χ4n) is 9.73. The molecule has 32 heteroatoms. The molecule has 4 amide bonds. The lowest BCUT2D eigenvalue weighted by atomic mass is 9.96. The lowest BCUT2D eigenvalue weighted by Gasteiger charge is -2.21. The second kappa shape index (κ2) is 38.6. The van der Waals surface area contributed by atoms with Crippen molar-refractivity contribution < 1.29 is 57.3 Å². The van der Waals surface area contributed by atoms with Crippen LogP contribution >= 0.6 is 0 Å². The summed E-state index contributed by atoms with van der Waals surface area (Å²) in [5.74, 6) is -5.80. The van der Waals surface area contributed by atoms with Gasteiger partial charge in [-0.2, -0.15) is 0 Å². The van der Waals surface area contributed by atoms with Gasteiger partial charge in [-0.15, -0.1) is 0 Å². The zero-order valence-electron chi connectivity index (χ0n) is 52.9. The van der Waals surface area contributed by atoms with E-state index in [0.717, 1.165) is 0 Å². The van der Waals surface area contributed by atoms with Crippen molar-refractivity contribution in [2.75, 3.05) is 60.7 Å². The molecule has 0 bridgehead atoms. The maximum absolute atomic E-state index is 14.5. The fraction of sp³-hybridized carbons (Fsp3) is 0.403. The van der Waals surface area contributed by atoms with E-state index in [1.807, 2.05) is 0 Å². The van der Waals surface area contributed by atoms with Crippen LogP contribution in [0.4, 0.5) is 0 Å². The number of nitrogens with one attached hydrogen (secondary N) is 13. The molecule has 0 spiro atoms. The van der Waals surface area contributed by atoms with Crippen LogP contribution in [0, 0.1) is 27.0 Å². The first-order valence-electron chi connectivity index (χ1n) is 30.0. The number of nitrogens with two attached hydrogens (primary N) is 7. The predicted molar refractivity (Wildman–Crippen MR) is 353 cm³/mol. The molecule has 0 heterocycles. The van der Waals surface area contributed by atoms with Crippen LogP contribution in [-0.2, 0) is 44.9 Å². The highest BCUT2D eigenvalue weighted by molar-refractivity contribution is 6.04. The van der Waals surface area contributed by atoms with E-state index in [4.69, 9.17) is 86.1 Å². The number of Topliss-reactive ketones (excluding diaryl/α,β-unsaturated/α-hetero) is 4. The maximum atomic E-state index is 14.5. The van der Waals surface area contributed by atoms with Gasteiger partial charge in [-0.3, -0.25) is 65.4 Å². The van der Waals surface area contributed by atoms with Crippen LogP contribution in [0.15, 0.2) is 72.8 Å². The number of carbonyl (C=O) groups is 8. The molecule has 4 aromatic carbocycles. The Balaban J connectivity index is 1.63. The summed E-state index contributed by atoms with van der Waals surface area (Å²) >= 11 is 0. The Morgan fingerprint density at radius 3 is 0.979 bits per heavy atom. The predicted octanol–water partition coefficient (Wildman–Crippen LogP) is -1.10. The summed E-state index contributed by atoms with van der Waals surface area (Å²) in [6.45, 7) is 0.884. The maximum Gasteiger partial charge on any atom is 0.255 e. The van der Waals surface area contributed by atoms with Gasteiger partial charge in [-0.05, 0) is 122 Å². The molecular weight excluding hydrogens is 1220 g/mol. The first-order chi connectivity index (χ1) is 44.7. The minimum atomic E-state index is -1.20. The summed E-state index contributed by atoms with van der Waals surface area (Å²) in [4.78, 5) is 112. The Bertz CT molecular complexity index is 3400. The molecule has 94 heavy (non-hydrogen) atoms. The smallest absolute Gasteiger partial charge is 0.255 e. The van der Waals surface area contributed by atoms with Crippen LogP contribution in [0.2, 0.25) is 0 Å². The van der Waals surface area contributed by atoms with Gasteiger partial charge in [-0.25, -0.2) is 0 Å². The number of methoxy groups -OCH3 is 3. The monoisotopic (exact) mass is 1300 g/mol. The highest BCUT2D eigenvalue weighted by Crippen LogP contribution is 2.26. The molecule has 27 N–H and O–H groups in total. The molecule has 0 radical (unpaired) electrons. The standard InChI is InChI=1S/C62H88N20O12/c1-91-50-16-12-34(26-38(50)54(64)87)31-47(84)43(9-5-21-76-59(67)68)80-55(88)39-27-36(13-17-51(39)92-2)32-48(85)44(10-6-22-77-60(69)70)81-56(89)40-28-37(14-18-52(40)93-3)33-49(86)45(11-7-23-78-61(71)72)82-57(90)41-29-35(15-19-53(41)94-25-24-79-62(73)74)30-46(83)42(63)8-4-20-75-58(65)66/h12-19,26-29,42-45H,4-11,20-25,30-33,63H2,1-3H3,(H2,64,87)(H,80,88)(H,81,89)(H,82,90)(H4,65,66,75)(H4,67,68,76)(H4,69,70,77)(H4,71,72,78)(H4,73,74,79)/t42-,43-,44-,45-/m1/s1. The van der Waals surface area contributed by atoms with Crippen molar-refractivity contribution >= 4 is 76.6 Å². The van der Waals surface area contributed by atoms with Crippen LogP contribution in [-0.4, -0.2) is 161 Å². The molecule has 4 aromatic rings. The molecule has 4 atom stereocenters. The van der Waals surface area contributed by atoms with E-state index in [9.17, 15) is 38.4 Å². The molecule has 0 aliphatic heterocycles. The third-order valence-electron chi connectivity index (χ3n) is 14.5. The summed E-state index contributed by atoms with van der Waals surface area (Å²) in [5.41, 5.74) is 40.5. The van der Waals surface area contributed by atoms with Crippen LogP contribution in [0.3, 0.4) is 0 Å². The van der Waals surface area contributed by atoms with E-state index in [1.165, 1.54) is 69.9 Å². The van der Waals surface area contributed by atoms with E-state index < -0.39 is 65.1 Å². The number of carbonyl (C=O) groups excluding carboxylic acids is 8. The number of ketones is 4. The molecule has 32 nitrogen and oxygen atoms in total. The number of hydrogen-bond acceptors (Lipinski definition) is 18. The van der Waals surface area contributed by atoms with Crippen LogP contribution in [0.5, 0.6) is 23.0 Å². The van der Waals surface area contributed by atoms with Crippen molar-refractivity contribution in [3.63, 3.8) is 0 Å². The number of primary amides is 1. The third-order valence-corrected chi connectivity index (χ3v) is 14.5. The minimum Gasteiger partial charge on any atom is -0.496 e. The number of hydrogen-bond donors (Lipinski definition) is 20. The van der Waals surface area contributed by atoms with Crippen LogP contribution < -0.4 is 102 Å². The van der Waals surface area contributed by atoms with E-state index in [1.54, 1.807) is 24.3 Å². The molecule has 0 unspecified atom stereocenters. The number of benzene rings is 4. The molecular formula is C62H88N20O12. The van der Waals surface area contributed by atoms with Crippen molar-refractivity contribution in [2.45, 2.75) is 101 Å². The van der Waals surface area contributed by atoms with Gasteiger partial charge in [0.2, 0.25) is 0 Å². The summed E-state index contributed by atoms with van der Waals surface area (Å²) < 4.78 is 22.3. The van der Waals surface area contributed by atoms with Crippen LogP contribution in [0.25, 0.3) is 0 Å². The first-order valence-corrected chi connectivity index (χ1v) is 30.0. The van der Waals surface area contributed by atoms with Gasteiger partial charge >= 0.3 is 0 Å². The van der Waals surface area contributed by atoms with Gasteiger partial charge in [0, 0.05) is 51.9 Å². The zero-order valence-corrected chi connectivity index (χ0v) is 52.9. The van der Waals surface area contributed by atoms with Gasteiger partial charge in [0.15, 0.2) is 52.9 Å². The topological polar surface area (TPSA) is 571 Å². The van der Waals surface area contributed by atoms with Crippen molar-refractivity contribution in [1.82, 2.24) is 42.5 Å². The molecule has 508 valence electrons. The number of rotatable bonds is 42.